The standard InChI is InChI=1S/C13H15Cl3O2S/c14-11-6-8-12(9-7-11)19(17,18)10-4-2-1-3-5-13(15)16/h5-9H,1-4,10H2. The Morgan fingerprint density at radius 3 is 2.26 bits per heavy atom. The van der Waals surface area contributed by atoms with Gasteiger partial charge in [0.05, 0.1) is 10.6 Å². The van der Waals surface area contributed by atoms with Gasteiger partial charge in [0.25, 0.3) is 0 Å². The zero-order chi connectivity index (χ0) is 14.3. The lowest BCUT2D eigenvalue weighted by Gasteiger charge is -2.04. The van der Waals surface area contributed by atoms with E-state index in [9.17, 15) is 8.42 Å². The van der Waals surface area contributed by atoms with Gasteiger partial charge in [-0.1, -0.05) is 47.3 Å². The van der Waals surface area contributed by atoms with Crippen LogP contribution in [0.4, 0.5) is 0 Å². The zero-order valence-electron chi connectivity index (χ0n) is 10.3. The van der Waals surface area contributed by atoms with Gasteiger partial charge < -0.3 is 0 Å². The van der Waals surface area contributed by atoms with Crippen LogP contribution < -0.4 is 0 Å². The van der Waals surface area contributed by atoms with Crippen LogP contribution in [-0.2, 0) is 9.84 Å². The lowest BCUT2D eigenvalue weighted by Crippen LogP contribution is -2.06. The van der Waals surface area contributed by atoms with Crippen LogP contribution >= 0.6 is 34.8 Å². The summed E-state index contributed by atoms with van der Waals surface area (Å²) in [7, 11) is -3.21. The lowest BCUT2D eigenvalue weighted by atomic mass is 10.2. The highest BCUT2D eigenvalue weighted by atomic mass is 35.5. The van der Waals surface area contributed by atoms with Crippen LogP contribution in [0.25, 0.3) is 0 Å². The van der Waals surface area contributed by atoms with E-state index in [0.717, 1.165) is 19.3 Å². The summed E-state index contributed by atoms with van der Waals surface area (Å²) in [5.41, 5.74) is 0. The summed E-state index contributed by atoms with van der Waals surface area (Å²) in [6.07, 6.45) is 4.81. The number of sulfone groups is 1. The molecule has 1 aromatic carbocycles. The molecule has 0 aliphatic heterocycles. The molecule has 1 rings (SSSR count). The third-order valence-electron chi connectivity index (χ3n) is 2.59. The highest BCUT2D eigenvalue weighted by Gasteiger charge is 2.13. The summed E-state index contributed by atoms with van der Waals surface area (Å²) in [6, 6.07) is 6.24. The molecule has 0 heterocycles. The van der Waals surface area contributed by atoms with Crippen molar-refractivity contribution in [2.24, 2.45) is 0 Å². The van der Waals surface area contributed by atoms with Crippen LogP contribution in [0.15, 0.2) is 39.7 Å². The Hall–Kier alpha value is -0.220. The van der Waals surface area contributed by atoms with E-state index in [1.54, 1.807) is 18.2 Å². The molecule has 0 fully saturated rings. The Kier molecular flexibility index (Phi) is 7.22. The molecule has 0 spiro atoms. The molecule has 106 valence electrons. The number of hydrogen-bond donors (Lipinski definition) is 0. The summed E-state index contributed by atoms with van der Waals surface area (Å²) < 4.78 is 24.2. The molecule has 6 heteroatoms. The van der Waals surface area contributed by atoms with Crippen LogP contribution in [0.5, 0.6) is 0 Å². The number of rotatable bonds is 7. The summed E-state index contributed by atoms with van der Waals surface area (Å²) in [4.78, 5) is 0.320. The monoisotopic (exact) mass is 340 g/mol. The summed E-state index contributed by atoms with van der Waals surface area (Å²) in [5, 5.41) is 0.531. The summed E-state index contributed by atoms with van der Waals surface area (Å²) in [6.45, 7) is 0. The molecule has 0 atom stereocenters. The van der Waals surface area contributed by atoms with E-state index >= 15 is 0 Å². The quantitative estimate of drug-likeness (QED) is 0.654. The van der Waals surface area contributed by atoms with Gasteiger partial charge in [0.1, 0.15) is 4.49 Å². The van der Waals surface area contributed by atoms with Crippen molar-refractivity contribution in [2.45, 2.75) is 30.6 Å². The third-order valence-corrected chi connectivity index (χ3v) is 4.97. The van der Waals surface area contributed by atoms with Crippen LogP contribution in [0.2, 0.25) is 5.02 Å². The second kappa shape index (κ2) is 8.15. The molecule has 2 nitrogen and oxygen atoms in total. The molecule has 0 N–H and O–H groups in total. The van der Waals surface area contributed by atoms with Crippen molar-refractivity contribution in [3.8, 4) is 0 Å². The fourth-order valence-corrected chi connectivity index (χ4v) is 3.30. The average molecular weight is 342 g/mol. The van der Waals surface area contributed by atoms with Crippen LogP contribution in [0.3, 0.4) is 0 Å². The Morgan fingerprint density at radius 2 is 1.68 bits per heavy atom. The van der Waals surface area contributed by atoms with Gasteiger partial charge in [-0.3, -0.25) is 0 Å². The molecule has 0 saturated heterocycles. The molecular weight excluding hydrogens is 327 g/mol. The number of hydrogen-bond acceptors (Lipinski definition) is 2. The third kappa shape index (κ3) is 6.66. The summed E-state index contributed by atoms with van der Waals surface area (Å²) >= 11 is 16.7. The van der Waals surface area contributed by atoms with Crippen molar-refractivity contribution >= 4 is 44.6 Å². The van der Waals surface area contributed by atoms with E-state index in [1.807, 2.05) is 0 Å². The van der Waals surface area contributed by atoms with Gasteiger partial charge in [-0.25, -0.2) is 8.42 Å². The van der Waals surface area contributed by atoms with E-state index in [-0.39, 0.29) is 10.2 Å². The Bertz CT molecular complexity index is 517. The molecular formula is C13H15Cl3O2S. The zero-order valence-corrected chi connectivity index (χ0v) is 13.4. The topological polar surface area (TPSA) is 34.1 Å². The lowest BCUT2D eigenvalue weighted by molar-refractivity contribution is 0.590. The van der Waals surface area contributed by atoms with Gasteiger partial charge in [-0.15, -0.1) is 0 Å². The van der Waals surface area contributed by atoms with Crippen LogP contribution in [-0.4, -0.2) is 14.2 Å². The molecule has 19 heavy (non-hydrogen) atoms. The first kappa shape index (κ1) is 16.8. The van der Waals surface area contributed by atoms with E-state index in [4.69, 9.17) is 34.8 Å². The van der Waals surface area contributed by atoms with E-state index in [1.165, 1.54) is 12.1 Å². The molecule has 0 unspecified atom stereocenters. The predicted octanol–water partition coefficient (Wildman–Crippen LogP) is 4.99. The second-order valence-electron chi connectivity index (χ2n) is 4.12. The van der Waals surface area contributed by atoms with Gasteiger partial charge >= 0.3 is 0 Å². The van der Waals surface area contributed by atoms with Gasteiger partial charge in [0, 0.05) is 5.02 Å². The highest BCUT2D eigenvalue weighted by molar-refractivity contribution is 7.91. The minimum absolute atomic E-state index is 0.146. The smallest absolute Gasteiger partial charge is 0.178 e. The Morgan fingerprint density at radius 1 is 1.05 bits per heavy atom. The fraction of sp³-hybridized carbons (Fsp3) is 0.385. The molecule has 0 saturated carbocycles. The minimum atomic E-state index is -3.21. The van der Waals surface area contributed by atoms with Crippen molar-refractivity contribution < 1.29 is 8.42 Å². The van der Waals surface area contributed by atoms with Gasteiger partial charge in [-0.05, 0) is 43.5 Å². The molecule has 0 aliphatic rings. The largest absolute Gasteiger partial charge is 0.224 e. The highest BCUT2D eigenvalue weighted by Crippen LogP contribution is 2.17. The number of unbranched alkanes of at least 4 members (excludes halogenated alkanes) is 3. The van der Waals surface area contributed by atoms with E-state index in [2.05, 4.69) is 0 Å². The number of benzene rings is 1. The molecule has 0 bridgehead atoms. The number of halogens is 3. The second-order valence-corrected chi connectivity index (χ2v) is 7.67. The van der Waals surface area contributed by atoms with Crippen LogP contribution in [0.1, 0.15) is 25.7 Å². The first-order valence-electron chi connectivity index (χ1n) is 5.91. The Balaban J connectivity index is 2.39. The normalized spacial score (nSPS) is 11.3. The molecule has 0 amide bonds. The molecule has 0 aliphatic carbocycles. The predicted molar refractivity (Wildman–Crippen MR) is 81.8 cm³/mol. The molecule has 0 aromatic heterocycles. The number of allylic oxidation sites excluding steroid dienone is 1. The SMILES string of the molecule is O=S(=O)(CCCCCC=C(Cl)Cl)c1ccc(Cl)cc1. The first-order valence-corrected chi connectivity index (χ1v) is 8.70. The average Bonchev–Trinajstić information content (AvgIpc) is 2.34. The van der Waals surface area contributed by atoms with Crippen molar-refractivity contribution in [3.63, 3.8) is 0 Å². The van der Waals surface area contributed by atoms with Gasteiger partial charge in [0.2, 0.25) is 0 Å². The van der Waals surface area contributed by atoms with Crippen LogP contribution in [0, 0.1) is 0 Å². The maximum absolute atomic E-state index is 12.0. The first-order chi connectivity index (χ1) is 8.92. The van der Waals surface area contributed by atoms with Gasteiger partial charge in [0.15, 0.2) is 9.84 Å². The molecule has 1 aromatic rings. The maximum atomic E-state index is 12.0. The fourth-order valence-electron chi connectivity index (χ4n) is 1.58. The van der Waals surface area contributed by atoms with Crippen molar-refractivity contribution in [1.29, 1.82) is 0 Å². The van der Waals surface area contributed by atoms with Crippen molar-refractivity contribution in [1.82, 2.24) is 0 Å². The molecule has 0 radical (unpaired) electrons. The Labute approximate surface area is 129 Å². The van der Waals surface area contributed by atoms with Gasteiger partial charge in [-0.2, -0.15) is 0 Å². The van der Waals surface area contributed by atoms with Crippen molar-refractivity contribution in [3.05, 3.63) is 39.9 Å². The maximum Gasteiger partial charge on any atom is 0.178 e. The minimum Gasteiger partial charge on any atom is -0.224 e. The van der Waals surface area contributed by atoms with E-state index in [0.29, 0.717) is 16.3 Å². The summed E-state index contributed by atoms with van der Waals surface area (Å²) in [5.74, 6) is 0.146. The van der Waals surface area contributed by atoms with Crippen molar-refractivity contribution in [2.75, 3.05) is 5.75 Å². The van der Waals surface area contributed by atoms with E-state index < -0.39 is 9.84 Å².